The summed E-state index contributed by atoms with van der Waals surface area (Å²) >= 11 is 0. The zero-order valence-electron chi connectivity index (χ0n) is 7.42. The third-order valence-electron chi connectivity index (χ3n) is 1.58. The smallest absolute Gasteiger partial charge is 0.433 e. The molecule has 0 radical (unpaired) electrons. The van der Waals surface area contributed by atoms with Crippen LogP contribution in [0.5, 0.6) is 0 Å². The molecule has 0 fully saturated rings. The molecule has 1 heterocycles. The van der Waals surface area contributed by atoms with Gasteiger partial charge in [0.25, 0.3) is 0 Å². The molecule has 0 N–H and O–H groups in total. The highest BCUT2D eigenvalue weighted by molar-refractivity contribution is 5.88. The molecule has 0 saturated carbocycles. The molecule has 0 aliphatic heterocycles. The van der Waals surface area contributed by atoms with Crippen LogP contribution >= 0.6 is 0 Å². The molecule has 0 aliphatic rings. The summed E-state index contributed by atoms with van der Waals surface area (Å²) in [5.41, 5.74) is -1.83. The number of alkyl halides is 3. The van der Waals surface area contributed by atoms with Crippen molar-refractivity contribution in [3.8, 4) is 0 Å². The van der Waals surface area contributed by atoms with Crippen molar-refractivity contribution in [2.45, 2.75) is 6.18 Å². The number of esters is 1. The molecule has 0 spiro atoms. The highest BCUT2D eigenvalue weighted by atomic mass is 19.4. The summed E-state index contributed by atoms with van der Waals surface area (Å²) in [6.45, 7) is 0. The van der Waals surface area contributed by atoms with Crippen LogP contribution in [0.25, 0.3) is 0 Å². The second kappa shape index (κ2) is 3.32. The number of carbonyl (C=O) groups is 1. The summed E-state index contributed by atoms with van der Waals surface area (Å²) in [6, 6.07) is 0. The van der Waals surface area contributed by atoms with E-state index in [0.717, 1.165) is 25.1 Å². The van der Waals surface area contributed by atoms with Gasteiger partial charge in [0.1, 0.15) is 0 Å². The fourth-order valence-corrected chi connectivity index (χ4v) is 1.01. The van der Waals surface area contributed by atoms with Gasteiger partial charge in [0.05, 0.1) is 13.4 Å². The van der Waals surface area contributed by atoms with Crippen LogP contribution in [0.4, 0.5) is 13.2 Å². The van der Waals surface area contributed by atoms with Crippen LogP contribution in [0.2, 0.25) is 0 Å². The molecule has 0 unspecified atom stereocenters. The number of aromatic nitrogens is 2. The Balaban J connectivity index is 3.27. The lowest BCUT2D eigenvalue weighted by Gasteiger charge is -2.08. The van der Waals surface area contributed by atoms with Crippen LogP contribution in [0, 0.1) is 0 Å². The Bertz CT molecular complexity index is 356. The number of aryl methyl sites for hydroxylation is 1. The highest BCUT2D eigenvalue weighted by Gasteiger charge is 2.39. The second-order valence-electron chi connectivity index (χ2n) is 2.54. The lowest BCUT2D eigenvalue weighted by Crippen LogP contribution is -2.17. The minimum absolute atomic E-state index is 0.720. The number of nitrogens with zero attached hydrogens (tertiary/aromatic N) is 2. The number of carbonyl (C=O) groups excluding carboxylic acids is 1. The minimum Gasteiger partial charge on any atom is -0.464 e. The van der Waals surface area contributed by atoms with E-state index in [9.17, 15) is 18.0 Å². The van der Waals surface area contributed by atoms with Crippen molar-refractivity contribution < 1.29 is 22.7 Å². The topological polar surface area (TPSA) is 44.1 Å². The van der Waals surface area contributed by atoms with Crippen LogP contribution < -0.4 is 0 Å². The minimum atomic E-state index is -4.62. The number of hydrogen-bond donors (Lipinski definition) is 0. The van der Waals surface area contributed by atoms with E-state index in [1.54, 1.807) is 0 Å². The summed E-state index contributed by atoms with van der Waals surface area (Å²) in [4.78, 5) is 14.2. The predicted molar refractivity (Wildman–Crippen MR) is 39.5 cm³/mol. The SMILES string of the molecule is COC(=O)c1ncn(C)c1C(F)(F)F. The first kappa shape index (κ1) is 10.6. The Morgan fingerprint density at radius 2 is 2.14 bits per heavy atom. The van der Waals surface area contributed by atoms with Gasteiger partial charge in [0.2, 0.25) is 0 Å². The molecule has 0 atom stereocenters. The Morgan fingerprint density at radius 1 is 1.57 bits per heavy atom. The first-order chi connectivity index (χ1) is 6.38. The largest absolute Gasteiger partial charge is 0.464 e. The Labute approximate surface area is 77.3 Å². The summed E-state index contributed by atoms with van der Waals surface area (Å²) in [6.07, 6.45) is -3.70. The van der Waals surface area contributed by atoms with Gasteiger partial charge in [-0.3, -0.25) is 0 Å². The van der Waals surface area contributed by atoms with Crippen molar-refractivity contribution in [1.29, 1.82) is 0 Å². The highest BCUT2D eigenvalue weighted by Crippen LogP contribution is 2.31. The average Bonchev–Trinajstić information content (AvgIpc) is 2.44. The standard InChI is InChI=1S/C7H7F3N2O2/c1-12-3-11-4(6(13)14-2)5(12)7(8,9)10/h3H,1-2H3. The van der Waals surface area contributed by atoms with Crippen molar-refractivity contribution in [3.05, 3.63) is 17.7 Å². The zero-order valence-corrected chi connectivity index (χ0v) is 7.42. The van der Waals surface area contributed by atoms with Gasteiger partial charge in [0, 0.05) is 7.05 Å². The normalized spacial score (nSPS) is 11.5. The Kier molecular flexibility index (Phi) is 2.50. The average molecular weight is 208 g/mol. The Hall–Kier alpha value is -1.53. The lowest BCUT2D eigenvalue weighted by molar-refractivity contribution is -0.143. The molecule has 14 heavy (non-hydrogen) atoms. The van der Waals surface area contributed by atoms with Gasteiger partial charge in [-0.05, 0) is 0 Å². The van der Waals surface area contributed by atoms with Crippen LogP contribution in [-0.4, -0.2) is 22.6 Å². The number of halogens is 3. The van der Waals surface area contributed by atoms with Crippen molar-refractivity contribution in [2.75, 3.05) is 7.11 Å². The van der Waals surface area contributed by atoms with Gasteiger partial charge in [-0.15, -0.1) is 0 Å². The molecule has 7 heteroatoms. The molecule has 0 aromatic carbocycles. The van der Waals surface area contributed by atoms with E-state index in [1.165, 1.54) is 0 Å². The zero-order chi connectivity index (χ0) is 10.9. The number of imidazole rings is 1. The molecular weight excluding hydrogens is 201 g/mol. The van der Waals surface area contributed by atoms with E-state index in [1.807, 2.05) is 0 Å². The molecule has 1 aromatic rings. The number of methoxy groups -OCH3 is 1. The third kappa shape index (κ3) is 1.70. The van der Waals surface area contributed by atoms with Gasteiger partial charge in [-0.2, -0.15) is 13.2 Å². The van der Waals surface area contributed by atoms with Crippen molar-refractivity contribution >= 4 is 5.97 Å². The first-order valence-corrected chi connectivity index (χ1v) is 3.54. The molecule has 0 aliphatic carbocycles. The Morgan fingerprint density at radius 3 is 2.57 bits per heavy atom. The summed E-state index contributed by atoms with van der Waals surface area (Å²) in [7, 11) is 2.15. The van der Waals surface area contributed by atoms with Crippen molar-refractivity contribution in [1.82, 2.24) is 9.55 Å². The van der Waals surface area contributed by atoms with Crippen LogP contribution in [0.3, 0.4) is 0 Å². The lowest BCUT2D eigenvalue weighted by atomic mass is 10.3. The van der Waals surface area contributed by atoms with Gasteiger partial charge in [-0.25, -0.2) is 9.78 Å². The van der Waals surface area contributed by atoms with Crippen molar-refractivity contribution in [3.63, 3.8) is 0 Å². The monoisotopic (exact) mass is 208 g/mol. The van der Waals surface area contributed by atoms with Crippen molar-refractivity contribution in [2.24, 2.45) is 7.05 Å². The summed E-state index contributed by atoms with van der Waals surface area (Å²) in [5, 5.41) is 0. The molecule has 78 valence electrons. The fraction of sp³-hybridized carbons (Fsp3) is 0.429. The number of rotatable bonds is 1. The molecule has 0 bridgehead atoms. The fourth-order valence-electron chi connectivity index (χ4n) is 1.01. The summed E-state index contributed by atoms with van der Waals surface area (Å²) in [5.74, 6) is -1.10. The van der Waals surface area contributed by atoms with E-state index >= 15 is 0 Å². The third-order valence-corrected chi connectivity index (χ3v) is 1.58. The van der Waals surface area contributed by atoms with Gasteiger partial charge in [-0.1, -0.05) is 0 Å². The molecule has 1 rings (SSSR count). The first-order valence-electron chi connectivity index (χ1n) is 3.54. The van der Waals surface area contributed by atoms with E-state index in [2.05, 4.69) is 9.72 Å². The molecule has 4 nitrogen and oxygen atoms in total. The van der Waals surface area contributed by atoms with E-state index in [-0.39, 0.29) is 0 Å². The molecule has 1 aromatic heterocycles. The van der Waals surface area contributed by atoms with E-state index in [4.69, 9.17) is 0 Å². The molecular formula is C7H7F3N2O2. The number of hydrogen-bond acceptors (Lipinski definition) is 3. The number of ether oxygens (including phenoxy) is 1. The maximum absolute atomic E-state index is 12.4. The second-order valence-corrected chi connectivity index (χ2v) is 2.54. The van der Waals surface area contributed by atoms with Crippen LogP contribution in [0.1, 0.15) is 16.2 Å². The van der Waals surface area contributed by atoms with Gasteiger partial charge >= 0.3 is 12.1 Å². The predicted octanol–water partition coefficient (Wildman–Crippen LogP) is 1.23. The summed E-state index contributed by atoms with van der Waals surface area (Å²) < 4.78 is 42.0. The van der Waals surface area contributed by atoms with E-state index < -0.39 is 23.5 Å². The quantitative estimate of drug-likeness (QED) is 0.652. The van der Waals surface area contributed by atoms with E-state index in [0.29, 0.717) is 0 Å². The maximum Gasteiger partial charge on any atom is 0.433 e. The maximum atomic E-state index is 12.4. The van der Waals surface area contributed by atoms with Gasteiger partial charge < -0.3 is 9.30 Å². The van der Waals surface area contributed by atoms with Crippen LogP contribution in [-0.2, 0) is 18.0 Å². The van der Waals surface area contributed by atoms with Gasteiger partial charge in [0.15, 0.2) is 11.4 Å². The van der Waals surface area contributed by atoms with Crippen LogP contribution in [0.15, 0.2) is 6.33 Å². The molecule has 0 amide bonds. The molecule has 0 saturated heterocycles.